The summed E-state index contributed by atoms with van der Waals surface area (Å²) in [6.07, 6.45) is -9.23. The Morgan fingerprint density at radius 1 is 0.587 bits per heavy atom. The maximum atomic E-state index is 13.2. The lowest BCUT2D eigenvalue weighted by molar-refractivity contribution is -0.385. The fraction of sp³-hybridized carbons (Fsp3) is 0.133. The molecule has 4 rings (SSSR count). The number of alkyl halides is 6. The van der Waals surface area contributed by atoms with Crippen LogP contribution in [-0.4, -0.2) is 19.9 Å². The van der Waals surface area contributed by atoms with E-state index < -0.39 is 33.3 Å². The molecule has 8 nitrogen and oxygen atoms in total. The van der Waals surface area contributed by atoms with Gasteiger partial charge in [0.1, 0.15) is 10.1 Å². The van der Waals surface area contributed by atoms with E-state index in [2.05, 4.69) is 9.98 Å². The van der Waals surface area contributed by atoms with Crippen LogP contribution in [0, 0.1) is 34.1 Å². The minimum Gasteiger partial charge on any atom is -0.258 e. The third kappa shape index (κ3) is 8.51. The summed E-state index contributed by atoms with van der Waals surface area (Å²) in [6.45, 7) is 3.05. The van der Waals surface area contributed by atoms with Gasteiger partial charge in [-0.05, 0) is 71.8 Å². The fourth-order valence-electron chi connectivity index (χ4n) is 3.91. The number of benzene rings is 4. The van der Waals surface area contributed by atoms with Crippen molar-refractivity contribution in [2.45, 2.75) is 26.2 Å². The molecule has 0 aromatic heterocycles. The predicted molar refractivity (Wildman–Crippen MR) is 166 cm³/mol. The van der Waals surface area contributed by atoms with Crippen molar-refractivity contribution >= 4 is 54.4 Å². The number of aryl methyl sites for hydroxylation is 2. The Morgan fingerprint density at radius 3 is 1.20 bits per heavy atom. The van der Waals surface area contributed by atoms with Gasteiger partial charge in [-0.25, -0.2) is 9.98 Å². The van der Waals surface area contributed by atoms with Gasteiger partial charge in [0, 0.05) is 34.4 Å². The number of hydrogen-bond donors (Lipinski definition) is 0. The zero-order valence-electron chi connectivity index (χ0n) is 23.6. The average molecular weight is 679 g/mol. The van der Waals surface area contributed by atoms with Gasteiger partial charge in [-0.1, -0.05) is 36.4 Å². The maximum Gasteiger partial charge on any atom is 0.416 e. The molecule has 0 saturated carbocycles. The van der Waals surface area contributed by atoms with Crippen LogP contribution in [0.25, 0.3) is 0 Å². The highest BCUT2D eigenvalue weighted by atomic mass is 33.1. The molecule has 0 unspecified atom stereocenters. The van der Waals surface area contributed by atoms with Gasteiger partial charge in [0.05, 0.1) is 32.3 Å². The molecular weight excluding hydrogens is 658 g/mol. The van der Waals surface area contributed by atoms with Gasteiger partial charge in [-0.2, -0.15) is 26.3 Å². The van der Waals surface area contributed by atoms with Gasteiger partial charge < -0.3 is 0 Å². The Bertz CT molecular complexity index is 1710. The summed E-state index contributed by atoms with van der Waals surface area (Å²) < 4.78 is 79.5. The minimum atomic E-state index is -4.62. The summed E-state index contributed by atoms with van der Waals surface area (Å²) in [5.41, 5.74) is -0.989. The van der Waals surface area contributed by atoms with E-state index in [1.807, 2.05) is 0 Å². The lowest BCUT2D eigenvalue weighted by atomic mass is 10.1. The van der Waals surface area contributed by atoms with Crippen molar-refractivity contribution in [3.05, 3.63) is 139 Å². The number of nitro benzene ring substituents is 2. The lowest BCUT2D eigenvalue weighted by Gasteiger charge is -2.12. The Labute approximate surface area is 265 Å². The standard InChI is InChI=1S/C30H20F6N4O4S2/c1-17-3-13-23(15-25(17)39(41)42)37-27(19-5-9-21(10-6-19)29(31,32)33)45-46-28(20-7-11-22(12-8-20)30(34,35)36)38-24-14-4-18(2)26(16-24)40(43)44/h3-16H,1-2H3. The SMILES string of the molecule is Cc1ccc(N=C(SSC(=Nc2ccc(C)c([N+](=O)[O-])c2)c2ccc(C(F)(F)F)cc2)c2ccc(C(F)(F)F)cc2)cc1[N+](=O)[O-]. The van der Waals surface area contributed by atoms with Gasteiger partial charge in [-0.3, -0.25) is 20.2 Å². The lowest BCUT2D eigenvalue weighted by Crippen LogP contribution is -2.06. The van der Waals surface area contributed by atoms with E-state index in [4.69, 9.17) is 0 Å². The molecule has 0 heterocycles. The second kappa shape index (κ2) is 13.7. The molecular formula is C30H20F6N4O4S2. The van der Waals surface area contributed by atoms with Gasteiger partial charge >= 0.3 is 12.4 Å². The monoisotopic (exact) mass is 678 g/mol. The van der Waals surface area contributed by atoms with Crippen LogP contribution in [-0.2, 0) is 12.4 Å². The van der Waals surface area contributed by atoms with Gasteiger partial charge in [-0.15, -0.1) is 0 Å². The summed E-state index contributed by atoms with van der Waals surface area (Å²) in [5.74, 6) is 0. The van der Waals surface area contributed by atoms with Gasteiger partial charge in [0.25, 0.3) is 11.4 Å². The topological polar surface area (TPSA) is 111 Å². The molecule has 16 heteroatoms. The second-order valence-corrected chi connectivity index (χ2v) is 11.7. The molecule has 4 aromatic carbocycles. The highest BCUT2D eigenvalue weighted by Crippen LogP contribution is 2.38. The third-order valence-corrected chi connectivity index (χ3v) is 8.61. The Hall–Kier alpha value is -4.70. The van der Waals surface area contributed by atoms with E-state index in [0.29, 0.717) is 11.1 Å². The third-order valence-electron chi connectivity index (χ3n) is 6.36. The van der Waals surface area contributed by atoms with Gasteiger partial charge in [0.2, 0.25) is 0 Å². The van der Waals surface area contributed by atoms with Crippen LogP contribution in [0.3, 0.4) is 0 Å². The van der Waals surface area contributed by atoms with Crippen LogP contribution >= 0.6 is 21.6 Å². The van der Waals surface area contributed by atoms with Crippen molar-refractivity contribution in [2.75, 3.05) is 0 Å². The fourth-order valence-corrected chi connectivity index (χ4v) is 6.09. The van der Waals surface area contributed by atoms with Crippen molar-refractivity contribution < 1.29 is 36.2 Å². The zero-order valence-corrected chi connectivity index (χ0v) is 25.2. The highest BCUT2D eigenvalue weighted by Gasteiger charge is 2.31. The smallest absolute Gasteiger partial charge is 0.258 e. The van der Waals surface area contributed by atoms with Crippen molar-refractivity contribution in [3.8, 4) is 0 Å². The Balaban J connectivity index is 1.81. The summed E-state index contributed by atoms with van der Waals surface area (Å²) in [7, 11) is 1.75. The van der Waals surface area contributed by atoms with Crippen molar-refractivity contribution in [1.82, 2.24) is 0 Å². The molecule has 238 valence electrons. The first-order valence-corrected chi connectivity index (χ1v) is 15.0. The molecule has 0 saturated heterocycles. The van der Waals surface area contributed by atoms with E-state index in [-0.39, 0.29) is 44.0 Å². The molecule has 0 N–H and O–H groups in total. The molecule has 0 atom stereocenters. The molecule has 0 fully saturated rings. The molecule has 4 aromatic rings. The molecule has 0 bridgehead atoms. The molecule has 0 aliphatic heterocycles. The molecule has 0 radical (unpaired) electrons. The van der Waals surface area contributed by atoms with Crippen LogP contribution < -0.4 is 0 Å². The van der Waals surface area contributed by atoms with E-state index >= 15 is 0 Å². The molecule has 0 aliphatic rings. The van der Waals surface area contributed by atoms with Crippen molar-refractivity contribution in [2.24, 2.45) is 9.98 Å². The average Bonchev–Trinajstić information content (AvgIpc) is 2.99. The maximum absolute atomic E-state index is 13.2. The Morgan fingerprint density at radius 2 is 0.913 bits per heavy atom. The zero-order chi connectivity index (χ0) is 33.8. The first-order valence-electron chi connectivity index (χ1n) is 12.9. The number of nitro groups is 2. The van der Waals surface area contributed by atoms with E-state index in [0.717, 1.165) is 70.1 Å². The minimum absolute atomic E-state index is 0.0892. The quantitative estimate of drug-likeness (QED) is 0.0501. The van der Waals surface area contributed by atoms with Gasteiger partial charge in [0.15, 0.2) is 0 Å². The van der Waals surface area contributed by atoms with Crippen molar-refractivity contribution in [1.29, 1.82) is 0 Å². The van der Waals surface area contributed by atoms with Crippen LogP contribution in [0.1, 0.15) is 33.4 Å². The number of aliphatic imine (C=N–C) groups is 2. The first kappa shape index (κ1) is 34.2. The Kier molecular flexibility index (Phi) is 10.2. The number of rotatable bonds is 6. The van der Waals surface area contributed by atoms with Crippen LogP contribution in [0.4, 0.5) is 49.1 Å². The van der Waals surface area contributed by atoms with Crippen LogP contribution in [0.15, 0.2) is 94.9 Å². The summed E-state index contributed by atoms with van der Waals surface area (Å²) >= 11 is 0. The second-order valence-electron chi connectivity index (χ2n) is 9.61. The van der Waals surface area contributed by atoms with E-state index in [1.54, 1.807) is 0 Å². The summed E-state index contributed by atoms with van der Waals surface area (Å²) in [6, 6.07) is 16.3. The van der Waals surface area contributed by atoms with E-state index in [1.165, 1.54) is 50.2 Å². The molecule has 46 heavy (non-hydrogen) atoms. The van der Waals surface area contributed by atoms with Crippen LogP contribution in [0.2, 0.25) is 0 Å². The molecule has 0 aliphatic carbocycles. The first-order chi connectivity index (χ1) is 21.5. The van der Waals surface area contributed by atoms with E-state index in [9.17, 15) is 46.6 Å². The highest BCUT2D eigenvalue weighted by molar-refractivity contribution is 8.87. The normalized spacial score (nSPS) is 12.7. The van der Waals surface area contributed by atoms with Crippen molar-refractivity contribution in [3.63, 3.8) is 0 Å². The summed E-state index contributed by atoms with van der Waals surface area (Å²) in [4.78, 5) is 30.7. The number of hydrogen-bond acceptors (Lipinski definition) is 8. The molecule has 0 amide bonds. The largest absolute Gasteiger partial charge is 0.416 e. The number of nitrogens with zero attached hydrogens (tertiary/aromatic N) is 4. The predicted octanol–water partition coefficient (Wildman–Crippen LogP) is 10.4. The number of halogens is 6. The van der Waals surface area contributed by atoms with Crippen LogP contribution in [0.5, 0.6) is 0 Å². The summed E-state index contributed by atoms with van der Waals surface area (Å²) in [5, 5.41) is 23.2. The molecule has 0 spiro atoms.